The van der Waals surface area contributed by atoms with E-state index in [1.807, 2.05) is 13.0 Å². The summed E-state index contributed by atoms with van der Waals surface area (Å²) in [4.78, 5) is 12.0. The van der Waals surface area contributed by atoms with Crippen LogP contribution in [-0.2, 0) is 10.0 Å². The van der Waals surface area contributed by atoms with Gasteiger partial charge in [0.1, 0.15) is 10.6 Å². The van der Waals surface area contributed by atoms with Gasteiger partial charge >= 0.3 is 0 Å². The average Bonchev–Trinajstić information content (AvgIpc) is 3.19. The molecule has 3 aromatic rings. The highest BCUT2D eigenvalue weighted by Gasteiger charge is 2.22. The van der Waals surface area contributed by atoms with Gasteiger partial charge in [0, 0.05) is 10.2 Å². The normalized spacial score (nSPS) is 11.1. The van der Waals surface area contributed by atoms with Crippen LogP contribution in [-0.4, -0.2) is 21.4 Å². The Morgan fingerprint density at radius 1 is 1.14 bits per heavy atom. The van der Waals surface area contributed by atoms with Crippen molar-refractivity contribution in [1.82, 2.24) is 0 Å². The minimum atomic E-state index is -3.99. The number of ether oxygens (including phenoxy) is 1. The molecule has 9 heteroatoms. The van der Waals surface area contributed by atoms with Gasteiger partial charge in [-0.1, -0.05) is 6.07 Å². The molecular formula is C19H17BrN2O5S. The summed E-state index contributed by atoms with van der Waals surface area (Å²) in [5.74, 6) is -0.234. The molecule has 0 aliphatic carbocycles. The lowest BCUT2D eigenvalue weighted by molar-refractivity contribution is 0.0996. The summed E-state index contributed by atoms with van der Waals surface area (Å²) in [6.07, 6.45) is 1.38. The van der Waals surface area contributed by atoms with Crippen molar-refractivity contribution in [3.63, 3.8) is 0 Å². The van der Waals surface area contributed by atoms with Crippen LogP contribution in [0.3, 0.4) is 0 Å². The number of methoxy groups -OCH3 is 1. The lowest BCUT2D eigenvalue weighted by Gasteiger charge is -2.14. The summed E-state index contributed by atoms with van der Waals surface area (Å²) >= 11 is 3.33. The predicted molar refractivity (Wildman–Crippen MR) is 109 cm³/mol. The highest BCUT2D eigenvalue weighted by Crippen LogP contribution is 2.31. The molecule has 0 bridgehead atoms. The third kappa shape index (κ3) is 4.37. The van der Waals surface area contributed by atoms with E-state index in [2.05, 4.69) is 26.0 Å². The Labute approximate surface area is 170 Å². The van der Waals surface area contributed by atoms with Gasteiger partial charge in [0.25, 0.3) is 15.9 Å². The molecule has 0 fully saturated rings. The van der Waals surface area contributed by atoms with Gasteiger partial charge < -0.3 is 14.5 Å². The lowest BCUT2D eigenvalue weighted by atomic mass is 10.2. The van der Waals surface area contributed by atoms with Crippen molar-refractivity contribution < 1.29 is 22.4 Å². The molecule has 1 heterocycles. The first-order valence-corrected chi connectivity index (χ1v) is 10.4. The van der Waals surface area contributed by atoms with E-state index in [-0.39, 0.29) is 22.1 Å². The third-order valence-electron chi connectivity index (χ3n) is 3.82. The molecule has 0 aliphatic heterocycles. The number of halogens is 1. The molecule has 0 saturated carbocycles. The minimum absolute atomic E-state index is 0.111. The first kappa shape index (κ1) is 20.0. The predicted octanol–water partition coefficient (Wildman–Crippen LogP) is 4.41. The molecular weight excluding hydrogens is 448 g/mol. The van der Waals surface area contributed by atoms with Crippen molar-refractivity contribution in [3.8, 4) is 5.75 Å². The Kier molecular flexibility index (Phi) is 5.76. The van der Waals surface area contributed by atoms with Crippen LogP contribution in [0.5, 0.6) is 5.75 Å². The molecule has 2 N–H and O–H groups in total. The van der Waals surface area contributed by atoms with Crippen LogP contribution in [0.2, 0.25) is 0 Å². The van der Waals surface area contributed by atoms with Crippen molar-refractivity contribution in [2.45, 2.75) is 11.8 Å². The molecule has 0 atom stereocenters. The number of hydrogen-bond acceptors (Lipinski definition) is 5. The maximum atomic E-state index is 13.0. The number of furan rings is 1. The topological polar surface area (TPSA) is 97.6 Å². The molecule has 0 unspecified atom stereocenters. The van der Waals surface area contributed by atoms with Crippen LogP contribution >= 0.6 is 15.9 Å². The highest BCUT2D eigenvalue weighted by atomic mass is 79.9. The molecule has 3 rings (SSSR count). The van der Waals surface area contributed by atoms with E-state index in [1.165, 1.54) is 31.6 Å². The summed E-state index contributed by atoms with van der Waals surface area (Å²) in [5, 5.41) is 2.60. The number of sulfonamides is 1. The molecule has 146 valence electrons. The van der Waals surface area contributed by atoms with Crippen molar-refractivity contribution in [2.75, 3.05) is 17.1 Å². The van der Waals surface area contributed by atoms with Crippen LogP contribution in [0.25, 0.3) is 0 Å². The number of anilines is 2. The third-order valence-corrected chi connectivity index (χ3v) is 5.90. The lowest BCUT2D eigenvalue weighted by Crippen LogP contribution is -2.16. The van der Waals surface area contributed by atoms with E-state index < -0.39 is 15.9 Å². The number of benzene rings is 2. The Bertz CT molecular complexity index is 1110. The van der Waals surface area contributed by atoms with Gasteiger partial charge in [0.15, 0.2) is 5.76 Å². The molecule has 0 radical (unpaired) electrons. The van der Waals surface area contributed by atoms with Crippen molar-refractivity contribution in [3.05, 3.63) is 70.6 Å². The molecule has 2 aromatic carbocycles. The van der Waals surface area contributed by atoms with Crippen molar-refractivity contribution >= 4 is 43.2 Å². The van der Waals surface area contributed by atoms with Gasteiger partial charge in [0.2, 0.25) is 0 Å². The molecule has 1 aromatic heterocycles. The summed E-state index contributed by atoms with van der Waals surface area (Å²) in [7, 11) is -2.61. The van der Waals surface area contributed by atoms with Crippen LogP contribution in [0.1, 0.15) is 16.1 Å². The van der Waals surface area contributed by atoms with E-state index in [0.29, 0.717) is 10.2 Å². The smallest absolute Gasteiger partial charge is 0.291 e. The summed E-state index contributed by atoms with van der Waals surface area (Å²) in [6.45, 7) is 1.86. The van der Waals surface area contributed by atoms with E-state index >= 15 is 0 Å². The molecule has 7 nitrogen and oxygen atoms in total. The van der Waals surface area contributed by atoms with Crippen LogP contribution in [0.15, 0.2) is 68.6 Å². The number of carbonyl (C=O) groups is 1. The number of rotatable bonds is 6. The first-order chi connectivity index (χ1) is 13.3. The SMILES string of the molecule is COc1ccc(NC(=O)c2ccco2)cc1S(=O)(=O)Nc1cc(C)ccc1Br. The summed E-state index contributed by atoms with van der Waals surface area (Å²) < 4.78 is 39.3. The fourth-order valence-corrected chi connectivity index (χ4v) is 4.23. The Morgan fingerprint density at radius 2 is 1.93 bits per heavy atom. The van der Waals surface area contributed by atoms with E-state index in [0.717, 1.165) is 5.56 Å². The van der Waals surface area contributed by atoms with Gasteiger partial charge in [-0.2, -0.15) is 0 Å². The number of nitrogens with one attached hydrogen (secondary N) is 2. The van der Waals surface area contributed by atoms with Crippen LogP contribution in [0.4, 0.5) is 11.4 Å². The maximum Gasteiger partial charge on any atom is 0.291 e. The second-order valence-electron chi connectivity index (χ2n) is 5.89. The second-order valence-corrected chi connectivity index (χ2v) is 8.39. The number of amides is 1. The summed E-state index contributed by atoms with van der Waals surface area (Å²) in [6, 6.07) is 12.7. The van der Waals surface area contributed by atoms with E-state index in [4.69, 9.17) is 9.15 Å². The Morgan fingerprint density at radius 3 is 2.61 bits per heavy atom. The van der Waals surface area contributed by atoms with Gasteiger partial charge in [-0.25, -0.2) is 8.42 Å². The van der Waals surface area contributed by atoms with Gasteiger partial charge in [0.05, 0.1) is 19.1 Å². The van der Waals surface area contributed by atoms with Crippen molar-refractivity contribution in [1.29, 1.82) is 0 Å². The average molecular weight is 465 g/mol. The van der Waals surface area contributed by atoms with Crippen molar-refractivity contribution in [2.24, 2.45) is 0 Å². The Hall–Kier alpha value is -2.78. The summed E-state index contributed by atoms with van der Waals surface area (Å²) in [5.41, 5.74) is 1.57. The molecule has 0 spiro atoms. The van der Waals surface area contributed by atoms with Gasteiger partial charge in [-0.05, 0) is 70.9 Å². The Balaban J connectivity index is 1.94. The number of hydrogen-bond donors (Lipinski definition) is 2. The second kappa shape index (κ2) is 8.07. The quantitative estimate of drug-likeness (QED) is 0.562. The van der Waals surface area contributed by atoms with Crippen LogP contribution < -0.4 is 14.8 Å². The zero-order chi connectivity index (χ0) is 20.3. The molecule has 1 amide bonds. The van der Waals surface area contributed by atoms with E-state index in [1.54, 1.807) is 24.3 Å². The fraction of sp³-hybridized carbons (Fsp3) is 0.105. The molecule has 0 aliphatic rings. The number of carbonyl (C=O) groups excluding carboxylic acids is 1. The molecule has 28 heavy (non-hydrogen) atoms. The largest absolute Gasteiger partial charge is 0.495 e. The zero-order valence-electron chi connectivity index (χ0n) is 15.0. The zero-order valence-corrected chi connectivity index (χ0v) is 17.4. The molecule has 0 saturated heterocycles. The van der Waals surface area contributed by atoms with Gasteiger partial charge in [-0.15, -0.1) is 0 Å². The van der Waals surface area contributed by atoms with E-state index in [9.17, 15) is 13.2 Å². The van der Waals surface area contributed by atoms with Crippen LogP contribution in [0, 0.1) is 6.92 Å². The maximum absolute atomic E-state index is 13.0. The standard InChI is InChI=1S/C19H17BrN2O5S/c1-12-5-7-14(20)15(10-12)22-28(24,25)18-11-13(6-8-16(18)26-2)21-19(23)17-4-3-9-27-17/h3-11,22H,1-2H3,(H,21,23). The highest BCUT2D eigenvalue weighted by molar-refractivity contribution is 9.10. The van der Waals surface area contributed by atoms with Gasteiger partial charge in [-0.3, -0.25) is 9.52 Å². The monoisotopic (exact) mass is 464 g/mol. The number of aryl methyl sites for hydroxylation is 1. The minimum Gasteiger partial charge on any atom is -0.495 e. The fourth-order valence-electron chi connectivity index (χ4n) is 2.48. The first-order valence-electron chi connectivity index (χ1n) is 8.12.